The summed E-state index contributed by atoms with van der Waals surface area (Å²) in [5, 5.41) is -0.486. The van der Waals surface area contributed by atoms with Crippen LogP contribution in [0.1, 0.15) is 11.1 Å². The van der Waals surface area contributed by atoms with E-state index in [2.05, 4.69) is 4.74 Å². The Balaban J connectivity index is 1.94. The highest BCUT2D eigenvalue weighted by molar-refractivity contribution is 6.43. The Morgan fingerprint density at radius 1 is 0.793 bits per heavy atom. The maximum Gasteiger partial charge on any atom is 0.428 e. The Hall–Kier alpha value is -2.38. The van der Waals surface area contributed by atoms with Crippen molar-refractivity contribution in [3.8, 4) is 16.9 Å². The van der Waals surface area contributed by atoms with Gasteiger partial charge in [-0.2, -0.15) is 8.78 Å². The zero-order chi connectivity index (χ0) is 21.5. The summed E-state index contributed by atoms with van der Waals surface area (Å²) < 4.78 is 87.7. The van der Waals surface area contributed by atoms with Gasteiger partial charge in [0.25, 0.3) is 0 Å². The Bertz CT molecular complexity index is 1080. The molecule has 0 aromatic heterocycles. The summed E-state index contributed by atoms with van der Waals surface area (Å²) in [6.45, 7) is 1.58. The molecular formula is C20H10Cl2F6O. The summed E-state index contributed by atoms with van der Waals surface area (Å²) >= 11 is 11.7. The molecule has 3 aromatic carbocycles. The van der Waals surface area contributed by atoms with Crippen LogP contribution in [0.4, 0.5) is 26.3 Å². The highest BCUT2D eigenvalue weighted by Gasteiger charge is 2.38. The lowest BCUT2D eigenvalue weighted by Gasteiger charge is -2.20. The zero-order valence-corrected chi connectivity index (χ0v) is 16.0. The molecule has 0 aliphatic heterocycles. The van der Waals surface area contributed by atoms with Crippen molar-refractivity contribution in [3.05, 3.63) is 86.9 Å². The molecule has 0 radical (unpaired) electrons. The Morgan fingerprint density at radius 2 is 1.41 bits per heavy atom. The number of benzene rings is 3. The first-order chi connectivity index (χ1) is 13.5. The van der Waals surface area contributed by atoms with Gasteiger partial charge in [0, 0.05) is 11.6 Å². The molecule has 0 unspecified atom stereocenters. The Kier molecular flexibility index (Phi) is 5.74. The van der Waals surface area contributed by atoms with Crippen molar-refractivity contribution >= 4 is 23.2 Å². The summed E-state index contributed by atoms with van der Waals surface area (Å²) in [6.07, 6.45) is -3.95. The van der Waals surface area contributed by atoms with Gasteiger partial charge in [0.1, 0.15) is 11.6 Å². The van der Waals surface area contributed by atoms with E-state index < -0.39 is 45.7 Å². The quantitative estimate of drug-likeness (QED) is 0.293. The van der Waals surface area contributed by atoms with Crippen LogP contribution in [0.2, 0.25) is 10.0 Å². The predicted molar refractivity (Wildman–Crippen MR) is 97.4 cm³/mol. The maximum absolute atomic E-state index is 14.5. The van der Waals surface area contributed by atoms with Crippen LogP contribution in [0.3, 0.4) is 0 Å². The smallest absolute Gasteiger partial charge is 0.428 e. The highest BCUT2D eigenvalue weighted by atomic mass is 35.5. The standard InChI is InChI=1S/C20H10Cl2F6O/c1-9-2-5-13(18(22)17(9)21)20(27,28)29-11-3-4-12(14(23)8-11)10-6-15(24)19(26)16(25)7-10/h2-8H,1H3. The van der Waals surface area contributed by atoms with Gasteiger partial charge in [-0.05, 0) is 48.4 Å². The van der Waals surface area contributed by atoms with Crippen molar-refractivity contribution < 1.29 is 31.1 Å². The van der Waals surface area contributed by atoms with E-state index in [9.17, 15) is 26.3 Å². The molecule has 0 saturated heterocycles. The van der Waals surface area contributed by atoms with Gasteiger partial charge in [-0.25, -0.2) is 17.6 Å². The van der Waals surface area contributed by atoms with Crippen LogP contribution in [0, 0.1) is 30.2 Å². The van der Waals surface area contributed by atoms with Crippen LogP contribution in [0.5, 0.6) is 5.75 Å². The van der Waals surface area contributed by atoms with Gasteiger partial charge < -0.3 is 4.74 Å². The van der Waals surface area contributed by atoms with E-state index in [0.29, 0.717) is 23.8 Å². The summed E-state index contributed by atoms with van der Waals surface area (Å²) in [5.41, 5.74) is -0.896. The molecule has 0 aliphatic rings. The second-order valence-electron chi connectivity index (χ2n) is 6.07. The maximum atomic E-state index is 14.5. The minimum atomic E-state index is -3.95. The summed E-state index contributed by atoms with van der Waals surface area (Å²) in [7, 11) is 0. The fourth-order valence-electron chi connectivity index (χ4n) is 2.58. The summed E-state index contributed by atoms with van der Waals surface area (Å²) in [6, 6.07) is 6.05. The fraction of sp³-hybridized carbons (Fsp3) is 0.100. The largest absolute Gasteiger partial charge is 0.429 e. The van der Waals surface area contributed by atoms with E-state index in [0.717, 1.165) is 18.2 Å². The molecule has 0 atom stereocenters. The van der Waals surface area contributed by atoms with E-state index in [1.54, 1.807) is 6.92 Å². The van der Waals surface area contributed by atoms with Gasteiger partial charge in [-0.15, -0.1) is 0 Å². The minimum Gasteiger partial charge on any atom is -0.429 e. The molecule has 0 bridgehead atoms. The van der Waals surface area contributed by atoms with Crippen LogP contribution < -0.4 is 4.74 Å². The van der Waals surface area contributed by atoms with Crippen LogP contribution in [-0.2, 0) is 6.11 Å². The normalized spacial score (nSPS) is 11.6. The first-order valence-electron chi connectivity index (χ1n) is 7.97. The predicted octanol–water partition coefficient (Wildman–Crippen LogP) is 7.65. The van der Waals surface area contributed by atoms with Crippen molar-refractivity contribution in [1.29, 1.82) is 0 Å². The molecule has 0 spiro atoms. The van der Waals surface area contributed by atoms with Gasteiger partial charge in [-0.3, -0.25) is 0 Å². The van der Waals surface area contributed by atoms with Gasteiger partial charge >= 0.3 is 6.11 Å². The first kappa shape index (κ1) is 21.3. The Morgan fingerprint density at radius 3 is 2.00 bits per heavy atom. The number of ether oxygens (including phenoxy) is 1. The number of halogens is 8. The van der Waals surface area contributed by atoms with Crippen molar-refractivity contribution in [2.45, 2.75) is 13.0 Å². The van der Waals surface area contributed by atoms with Crippen molar-refractivity contribution in [3.63, 3.8) is 0 Å². The number of hydrogen-bond donors (Lipinski definition) is 0. The molecule has 0 saturated carbocycles. The lowest BCUT2D eigenvalue weighted by molar-refractivity contribution is -0.185. The molecule has 0 aliphatic carbocycles. The summed E-state index contributed by atoms with van der Waals surface area (Å²) in [4.78, 5) is 0. The Labute approximate surface area is 171 Å². The average molecular weight is 451 g/mol. The summed E-state index contributed by atoms with van der Waals surface area (Å²) in [5.74, 6) is -6.43. The first-order valence-corrected chi connectivity index (χ1v) is 8.73. The molecule has 152 valence electrons. The van der Waals surface area contributed by atoms with E-state index in [1.165, 1.54) is 6.07 Å². The van der Waals surface area contributed by atoms with Crippen LogP contribution in [0.25, 0.3) is 11.1 Å². The van der Waals surface area contributed by atoms with E-state index in [-0.39, 0.29) is 16.1 Å². The third-order valence-electron chi connectivity index (χ3n) is 4.07. The fourth-order valence-corrected chi connectivity index (χ4v) is 3.07. The van der Waals surface area contributed by atoms with Crippen molar-refractivity contribution in [1.82, 2.24) is 0 Å². The average Bonchev–Trinajstić information content (AvgIpc) is 2.63. The SMILES string of the molecule is Cc1ccc(C(F)(F)Oc2ccc(-c3cc(F)c(F)c(F)c3)c(F)c2)c(Cl)c1Cl. The molecule has 0 amide bonds. The second kappa shape index (κ2) is 7.80. The number of alkyl halides is 2. The number of hydrogen-bond acceptors (Lipinski definition) is 1. The monoisotopic (exact) mass is 450 g/mol. The molecule has 9 heteroatoms. The molecule has 0 fully saturated rings. The van der Waals surface area contributed by atoms with Crippen LogP contribution >= 0.6 is 23.2 Å². The lowest BCUT2D eigenvalue weighted by atomic mass is 10.0. The van der Waals surface area contributed by atoms with E-state index in [4.69, 9.17) is 23.2 Å². The molecule has 0 heterocycles. The molecule has 0 N–H and O–H groups in total. The third-order valence-corrected chi connectivity index (χ3v) is 5.05. The zero-order valence-electron chi connectivity index (χ0n) is 14.5. The molecule has 29 heavy (non-hydrogen) atoms. The highest BCUT2D eigenvalue weighted by Crippen LogP contribution is 2.40. The molecule has 3 rings (SSSR count). The minimum absolute atomic E-state index is 0.0747. The lowest BCUT2D eigenvalue weighted by Crippen LogP contribution is -2.22. The molecule has 1 nitrogen and oxygen atoms in total. The van der Waals surface area contributed by atoms with Crippen LogP contribution in [0.15, 0.2) is 42.5 Å². The third kappa shape index (κ3) is 4.16. The second-order valence-corrected chi connectivity index (χ2v) is 6.83. The van der Waals surface area contributed by atoms with Gasteiger partial charge in [0.2, 0.25) is 0 Å². The van der Waals surface area contributed by atoms with Gasteiger partial charge in [0.05, 0.1) is 15.6 Å². The number of aryl methyl sites for hydroxylation is 1. The number of rotatable bonds is 4. The van der Waals surface area contributed by atoms with E-state index in [1.807, 2.05) is 0 Å². The van der Waals surface area contributed by atoms with Gasteiger partial charge in [0.15, 0.2) is 17.5 Å². The molecular weight excluding hydrogens is 441 g/mol. The topological polar surface area (TPSA) is 9.23 Å². The van der Waals surface area contributed by atoms with Gasteiger partial charge in [-0.1, -0.05) is 29.3 Å². The van der Waals surface area contributed by atoms with Crippen molar-refractivity contribution in [2.75, 3.05) is 0 Å². The van der Waals surface area contributed by atoms with Crippen LogP contribution in [-0.4, -0.2) is 0 Å². The van der Waals surface area contributed by atoms with Crippen molar-refractivity contribution in [2.24, 2.45) is 0 Å². The molecule has 3 aromatic rings. The van der Waals surface area contributed by atoms with E-state index >= 15 is 0 Å².